The molecule has 0 aliphatic carbocycles. The zero-order chi connectivity index (χ0) is 19.2. The van der Waals surface area contributed by atoms with Gasteiger partial charge in [-0.3, -0.25) is 14.4 Å². The summed E-state index contributed by atoms with van der Waals surface area (Å²) in [5, 5.41) is 2.88. The minimum atomic E-state index is -0.302. The molecule has 0 spiro atoms. The van der Waals surface area contributed by atoms with Crippen LogP contribution in [0.15, 0.2) is 24.3 Å². The highest BCUT2D eigenvalue weighted by molar-refractivity contribution is 5.98. The Hall–Kier alpha value is -2.37. The Bertz CT molecular complexity index is 680. The summed E-state index contributed by atoms with van der Waals surface area (Å²) < 4.78 is 0. The van der Waals surface area contributed by atoms with Crippen molar-refractivity contribution in [3.63, 3.8) is 0 Å². The number of piperidine rings is 1. The average Bonchev–Trinajstić information content (AvgIpc) is 3.08. The molecule has 1 atom stereocenters. The van der Waals surface area contributed by atoms with E-state index in [1.54, 1.807) is 29.2 Å². The van der Waals surface area contributed by atoms with Crippen LogP contribution < -0.4 is 5.32 Å². The molecule has 2 saturated heterocycles. The Morgan fingerprint density at radius 3 is 2.48 bits per heavy atom. The molecule has 146 valence electrons. The van der Waals surface area contributed by atoms with Crippen LogP contribution in [-0.4, -0.2) is 53.7 Å². The fourth-order valence-electron chi connectivity index (χ4n) is 3.73. The van der Waals surface area contributed by atoms with Crippen molar-refractivity contribution in [3.05, 3.63) is 29.8 Å². The van der Waals surface area contributed by atoms with E-state index in [9.17, 15) is 14.4 Å². The maximum absolute atomic E-state index is 12.5. The van der Waals surface area contributed by atoms with Crippen molar-refractivity contribution in [2.75, 3.05) is 31.5 Å². The number of benzene rings is 1. The first-order chi connectivity index (χ1) is 13.1. The molecule has 0 aromatic heterocycles. The van der Waals surface area contributed by atoms with E-state index >= 15 is 0 Å². The third-order valence-electron chi connectivity index (χ3n) is 5.41. The topological polar surface area (TPSA) is 69.7 Å². The largest absolute Gasteiger partial charge is 0.342 e. The van der Waals surface area contributed by atoms with Crippen molar-refractivity contribution in [2.45, 2.75) is 45.4 Å². The molecule has 2 heterocycles. The van der Waals surface area contributed by atoms with Crippen molar-refractivity contribution in [2.24, 2.45) is 5.92 Å². The number of likely N-dealkylation sites (tertiary alicyclic amines) is 2. The van der Waals surface area contributed by atoms with Gasteiger partial charge in [-0.2, -0.15) is 0 Å². The molecule has 6 heteroatoms. The molecule has 3 rings (SSSR count). The van der Waals surface area contributed by atoms with Gasteiger partial charge in [-0.25, -0.2) is 0 Å². The van der Waals surface area contributed by atoms with Crippen LogP contribution in [0.1, 0.15) is 55.8 Å². The van der Waals surface area contributed by atoms with Gasteiger partial charge in [-0.1, -0.05) is 13.3 Å². The highest BCUT2D eigenvalue weighted by Crippen LogP contribution is 2.21. The fourth-order valence-corrected chi connectivity index (χ4v) is 3.73. The second-order valence-corrected chi connectivity index (χ2v) is 7.51. The number of amides is 3. The van der Waals surface area contributed by atoms with E-state index in [0.717, 1.165) is 45.3 Å². The predicted octanol–water partition coefficient (Wildman–Crippen LogP) is 2.90. The molecule has 27 heavy (non-hydrogen) atoms. The lowest BCUT2D eigenvalue weighted by molar-refractivity contribution is -0.128. The molecule has 0 unspecified atom stereocenters. The van der Waals surface area contributed by atoms with Gasteiger partial charge in [-0.15, -0.1) is 0 Å². The second-order valence-electron chi connectivity index (χ2n) is 7.51. The maximum atomic E-state index is 12.5. The molecular formula is C21H29N3O3. The lowest BCUT2D eigenvalue weighted by atomic mass is 10.1. The summed E-state index contributed by atoms with van der Waals surface area (Å²) >= 11 is 0. The Kier molecular flexibility index (Phi) is 6.48. The van der Waals surface area contributed by atoms with Crippen LogP contribution in [0.4, 0.5) is 5.69 Å². The molecule has 1 N–H and O–H groups in total. The Balaban J connectivity index is 1.54. The first kappa shape index (κ1) is 19.4. The first-order valence-electron chi connectivity index (χ1n) is 10.1. The molecule has 0 bridgehead atoms. The molecule has 0 radical (unpaired) electrons. The van der Waals surface area contributed by atoms with Crippen LogP contribution >= 0.6 is 0 Å². The Morgan fingerprint density at radius 2 is 1.81 bits per heavy atom. The van der Waals surface area contributed by atoms with Gasteiger partial charge in [0, 0.05) is 43.9 Å². The summed E-state index contributed by atoms with van der Waals surface area (Å²) in [4.78, 5) is 40.7. The van der Waals surface area contributed by atoms with E-state index in [4.69, 9.17) is 0 Å². The number of carbonyl (C=O) groups is 3. The quantitative estimate of drug-likeness (QED) is 0.836. The molecular weight excluding hydrogens is 342 g/mol. The van der Waals surface area contributed by atoms with E-state index in [-0.39, 0.29) is 30.1 Å². The number of hydrogen-bond acceptors (Lipinski definition) is 3. The molecule has 1 aromatic carbocycles. The standard InChI is InChI=1S/C21H29N3O3/c1-2-3-11-24-15-17(14-19(24)25)20(26)22-18-9-7-16(8-10-18)21(27)23-12-5-4-6-13-23/h7-10,17H,2-6,11-15H2,1H3,(H,22,26)/t17-/m1/s1. The third-order valence-corrected chi connectivity index (χ3v) is 5.41. The van der Waals surface area contributed by atoms with Crippen LogP contribution in [-0.2, 0) is 9.59 Å². The summed E-state index contributed by atoms with van der Waals surface area (Å²) in [7, 11) is 0. The number of hydrogen-bond donors (Lipinski definition) is 1. The summed E-state index contributed by atoms with van der Waals surface area (Å²) in [6.45, 7) is 4.95. The van der Waals surface area contributed by atoms with Gasteiger partial charge in [-0.05, 0) is 49.9 Å². The number of nitrogens with one attached hydrogen (secondary N) is 1. The number of rotatable bonds is 6. The summed E-state index contributed by atoms with van der Waals surface area (Å²) in [5.41, 5.74) is 1.31. The second kappa shape index (κ2) is 9.02. The Labute approximate surface area is 160 Å². The van der Waals surface area contributed by atoms with Crippen LogP contribution in [0.3, 0.4) is 0 Å². The molecule has 3 amide bonds. The van der Waals surface area contributed by atoms with E-state index in [0.29, 0.717) is 17.8 Å². The van der Waals surface area contributed by atoms with Gasteiger partial charge in [0.1, 0.15) is 0 Å². The number of unbranched alkanes of at least 4 members (excludes halogenated alkanes) is 1. The van der Waals surface area contributed by atoms with Gasteiger partial charge in [0.25, 0.3) is 5.91 Å². The van der Waals surface area contributed by atoms with Crippen molar-refractivity contribution in [3.8, 4) is 0 Å². The van der Waals surface area contributed by atoms with Gasteiger partial charge in [0.15, 0.2) is 0 Å². The minimum absolute atomic E-state index is 0.0560. The summed E-state index contributed by atoms with van der Waals surface area (Å²) in [5.74, 6) is -0.312. The lowest BCUT2D eigenvalue weighted by Gasteiger charge is -2.26. The van der Waals surface area contributed by atoms with E-state index in [2.05, 4.69) is 12.2 Å². The summed E-state index contributed by atoms with van der Waals surface area (Å²) in [6, 6.07) is 7.06. The van der Waals surface area contributed by atoms with Gasteiger partial charge < -0.3 is 15.1 Å². The fraction of sp³-hybridized carbons (Fsp3) is 0.571. The third kappa shape index (κ3) is 4.87. The SMILES string of the molecule is CCCCN1C[C@H](C(=O)Nc2ccc(C(=O)N3CCCCC3)cc2)CC1=O. The molecule has 6 nitrogen and oxygen atoms in total. The lowest BCUT2D eigenvalue weighted by Crippen LogP contribution is -2.35. The zero-order valence-corrected chi connectivity index (χ0v) is 16.1. The number of nitrogens with zero attached hydrogens (tertiary/aromatic N) is 2. The van der Waals surface area contributed by atoms with Crippen molar-refractivity contribution < 1.29 is 14.4 Å². The molecule has 2 fully saturated rings. The van der Waals surface area contributed by atoms with E-state index in [1.165, 1.54) is 6.42 Å². The maximum Gasteiger partial charge on any atom is 0.253 e. The first-order valence-corrected chi connectivity index (χ1v) is 10.1. The highest BCUT2D eigenvalue weighted by atomic mass is 16.2. The highest BCUT2D eigenvalue weighted by Gasteiger charge is 2.33. The molecule has 2 aliphatic rings. The van der Waals surface area contributed by atoms with Crippen LogP contribution in [0.5, 0.6) is 0 Å². The summed E-state index contributed by atoms with van der Waals surface area (Å²) in [6.07, 6.45) is 5.59. The van der Waals surface area contributed by atoms with Gasteiger partial charge in [0.2, 0.25) is 11.8 Å². The van der Waals surface area contributed by atoms with Gasteiger partial charge >= 0.3 is 0 Å². The van der Waals surface area contributed by atoms with Crippen LogP contribution in [0.2, 0.25) is 0 Å². The number of carbonyl (C=O) groups excluding carboxylic acids is 3. The Morgan fingerprint density at radius 1 is 1.11 bits per heavy atom. The smallest absolute Gasteiger partial charge is 0.253 e. The van der Waals surface area contributed by atoms with Crippen molar-refractivity contribution in [1.29, 1.82) is 0 Å². The average molecular weight is 371 g/mol. The minimum Gasteiger partial charge on any atom is -0.342 e. The monoisotopic (exact) mass is 371 g/mol. The van der Waals surface area contributed by atoms with E-state index in [1.807, 2.05) is 4.90 Å². The van der Waals surface area contributed by atoms with Gasteiger partial charge in [0.05, 0.1) is 5.92 Å². The van der Waals surface area contributed by atoms with Crippen molar-refractivity contribution in [1.82, 2.24) is 9.80 Å². The predicted molar refractivity (Wildman–Crippen MR) is 104 cm³/mol. The molecule has 1 aromatic rings. The zero-order valence-electron chi connectivity index (χ0n) is 16.1. The van der Waals surface area contributed by atoms with Crippen molar-refractivity contribution >= 4 is 23.4 Å². The number of anilines is 1. The van der Waals surface area contributed by atoms with Crippen LogP contribution in [0, 0.1) is 5.92 Å². The molecule has 0 saturated carbocycles. The van der Waals surface area contributed by atoms with E-state index < -0.39 is 0 Å². The molecule has 2 aliphatic heterocycles. The normalized spacial score (nSPS) is 20.0. The van der Waals surface area contributed by atoms with Crippen LogP contribution in [0.25, 0.3) is 0 Å².